The van der Waals surface area contributed by atoms with Crippen molar-refractivity contribution >= 4 is 27.9 Å². The summed E-state index contributed by atoms with van der Waals surface area (Å²) >= 11 is 0. The van der Waals surface area contributed by atoms with Crippen molar-refractivity contribution in [3.05, 3.63) is 65.2 Å². The minimum absolute atomic E-state index is 0.00317. The molecule has 3 heterocycles. The number of aromatic nitrogens is 2. The van der Waals surface area contributed by atoms with Gasteiger partial charge in [0.25, 0.3) is 15.9 Å². The van der Waals surface area contributed by atoms with Crippen LogP contribution in [0.3, 0.4) is 0 Å². The fourth-order valence-corrected chi connectivity index (χ4v) is 6.84. The molecule has 1 N–H and O–H groups in total. The Bertz CT molecular complexity index is 1630. The van der Waals surface area contributed by atoms with Crippen LogP contribution in [0.1, 0.15) is 49.2 Å². The normalized spacial score (nSPS) is 18.1. The molecule has 0 unspecified atom stereocenters. The number of hydrogen-bond donors (Lipinski definition) is 1. The van der Waals surface area contributed by atoms with Gasteiger partial charge in [-0.15, -0.1) is 0 Å². The third-order valence-electron chi connectivity index (χ3n) is 7.83. The second kappa shape index (κ2) is 11.8. The summed E-state index contributed by atoms with van der Waals surface area (Å²) in [7, 11) is -4.14. The van der Waals surface area contributed by atoms with Gasteiger partial charge in [-0.05, 0) is 70.9 Å². The Labute approximate surface area is 252 Å². The highest BCUT2D eigenvalue weighted by molar-refractivity contribution is 7.92. The lowest BCUT2D eigenvalue weighted by Gasteiger charge is -2.44. The van der Waals surface area contributed by atoms with Crippen LogP contribution < -0.4 is 9.46 Å². The average molecular weight is 607 g/mol. The second-order valence-corrected chi connectivity index (χ2v) is 13.3. The molecule has 1 atom stereocenters. The quantitative estimate of drug-likeness (QED) is 0.471. The Morgan fingerprint density at radius 2 is 1.67 bits per heavy atom. The number of anilines is 1. The maximum absolute atomic E-state index is 13.8. The summed E-state index contributed by atoms with van der Waals surface area (Å²) in [5.74, 6) is -0.332. The summed E-state index contributed by atoms with van der Waals surface area (Å²) in [4.78, 5) is 41.5. The van der Waals surface area contributed by atoms with Gasteiger partial charge in [0.05, 0.1) is 16.6 Å². The van der Waals surface area contributed by atoms with Crippen LogP contribution in [-0.2, 0) is 10.0 Å². The van der Waals surface area contributed by atoms with Gasteiger partial charge in [-0.1, -0.05) is 24.3 Å². The fourth-order valence-electron chi connectivity index (χ4n) is 5.85. The topological polar surface area (TPSA) is 125 Å². The molecule has 1 saturated heterocycles. The highest BCUT2D eigenvalue weighted by Crippen LogP contribution is 2.30. The van der Waals surface area contributed by atoms with Crippen molar-refractivity contribution in [2.24, 2.45) is 0 Å². The number of amides is 3. The van der Waals surface area contributed by atoms with Crippen LogP contribution in [0, 0.1) is 13.8 Å². The number of ether oxygens (including phenoxy) is 1. The van der Waals surface area contributed by atoms with E-state index in [1.54, 1.807) is 21.9 Å². The number of hydrogen-bond acceptors (Lipinski definition) is 7. The average Bonchev–Trinajstić information content (AvgIpc) is 2.94. The SMILES string of the molecule is Cc1cccc(C)c1-c1cc2nc(n1)NS(=O)(=O)c1cccc(c1)C(=O)N1CCN(C(=O)N(C(C)C)C(C)C)C[C@@H]1CO2. The van der Waals surface area contributed by atoms with E-state index in [9.17, 15) is 18.0 Å². The molecule has 0 aliphatic carbocycles. The van der Waals surface area contributed by atoms with E-state index in [4.69, 9.17) is 4.74 Å². The molecule has 0 radical (unpaired) electrons. The van der Waals surface area contributed by atoms with Crippen molar-refractivity contribution in [1.82, 2.24) is 24.7 Å². The molecule has 3 aromatic rings. The molecule has 11 nitrogen and oxygen atoms in total. The van der Waals surface area contributed by atoms with E-state index in [1.165, 1.54) is 18.2 Å². The van der Waals surface area contributed by atoms with Gasteiger partial charge in [-0.3, -0.25) is 4.79 Å². The van der Waals surface area contributed by atoms with Gasteiger partial charge in [-0.2, -0.15) is 4.98 Å². The molecule has 2 aliphatic rings. The van der Waals surface area contributed by atoms with Gasteiger partial charge < -0.3 is 19.4 Å². The third-order valence-corrected chi connectivity index (χ3v) is 9.15. The number of sulfonamides is 1. The highest BCUT2D eigenvalue weighted by atomic mass is 32.2. The number of nitrogens with zero attached hydrogens (tertiary/aromatic N) is 5. The summed E-state index contributed by atoms with van der Waals surface area (Å²) in [6.07, 6.45) is 0. The molecule has 1 fully saturated rings. The van der Waals surface area contributed by atoms with Gasteiger partial charge in [0.15, 0.2) is 0 Å². The lowest BCUT2D eigenvalue weighted by molar-refractivity contribution is 0.0326. The molecule has 2 aromatic carbocycles. The first-order valence-electron chi connectivity index (χ1n) is 14.4. The summed E-state index contributed by atoms with van der Waals surface area (Å²) in [6, 6.07) is 12.8. The van der Waals surface area contributed by atoms with Crippen LogP contribution in [0.25, 0.3) is 11.3 Å². The summed E-state index contributed by atoms with van der Waals surface area (Å²) in [5, 5.41) is 0. The molecule has 228 valence electrons. The molecule has 0 saturated carbocycles. The van der Waals surface area contributed by atoms with Crippen molar-refractivity contribution in [3.8, 4) is 17.1 Å². The number of carbonyl (C=O) groups excluding carboxylic acids is 2. The molecular formula is C31H38N6O5S. The zero-order valence-electron chi connectivity index (χ0n) is 25.4. The van der Waals surface area contributed by atoms with E-state index >= 15 is 0 Å². The molecular weight excluding hydrogens is 568 g/mol. The Hall–Kier alpha value is -4.19. The first-order valence-corrected chi connectivity index (χ1v) is 15.9. The number of urea groups is 1. The summed E-state index contributed by atoms with van der Waals surface area (Å²) < 4.78 is 35.5. The summed E-state index contributed by atoms with van der Waals surface area (Å²) in [5.41, 5.74) is 3.49. The van der Waals surface area contributed by atoms with Gasteiger partial charge in [-0.25, -0.2) is 22.9 Å². The van der Waals surface area contributed by atoms with Crippen LogP contribution in [0.5, 0.6) is 5.88 Å². The maximum Gasteiger partial charge on any atom is 0.320 e. The first-order chi connectivity index (χ1) is 20.4. The molecule has 12 heteroatoms. The monoisotopic (exact) mass is 606 g/mol. The van der Waals surface area contributed by atoms with E-state index in [-0.39, 0.29) is 66.0 Å². The van der Waals surface area contributed by atoms with Gasteiger partial charge in [0.2, 0.25) is 11.8 Å². The number of piperazine rings is 1. The van der Waals surface area contributed by atoms with Crippen LogP contribution in [0.2, 0.25) is 0 Å². The van der Waals surface area contributed by atoms with Gasteiger partial charge >= 0.3 is 6.03 Å². The minimum Gasteiger partial charge on any atom is -0.475 e. The largest absolute Gasteiger partial charge is 0.475 e. The standard InChI is InChI=1S/C31H38N6O5S/c1-19(2)37(20(3)4)31(39)35-13-14-36-24(17-35)18-42-27-16-26(28-21(5)9-7-10-22(28)6)32-30(33-27)34-43(40,41)25-12-8-11-23(15-25)29(36)38/h7-12,15-16,19-20,24H,13-14,17-18H2,1-6H3,(H,32,33,34)/t24-/m1/s1. The van der Waals surface area contributed by atoms with Crippen molar-refractivity contribution in [1.29, 1.82) is 0 Å². The molecule has 3 amide bonds. The van der Waals surface area contributed by atoms with E-state index in [2.05, 4.69) is 14.7 Å². The van der Waals surface area contributed by atoms with E-state index in [0.717, 1.165) is 16.7 Å². The molecule has 5 rings (SSSR count). The predicted octanol–water partition coefficient (Wildman–Crippen LogP) is 4.32. The number of benzene rings is 2. The lowest BCUT2D eigenvalue weighted by atomic mass is 10.00. The number of aryl methyl sites for hydroxylation is 2. The number of nitrogens with one attached hydrogen (secondary N) is 1. The van der Waals surface area contributed by atoms with Crippen LogP contribution in [0.15, 0.2) is 53.4 Å². The minimum atomic E-state index is -4.14. The van der Waals surface area contributed by atoms with Gasteiger partial charge in [0.1, 0.15) is 6.61 Å². The Morgan fingerprint density at radius 1 is 1.00 bits per heavy atom. The van der Waals surface area contributed by atoms with E-state index < -0.39 is 16.1 Å². The first kappa shape index (κ1) is 30.3. The number of fused-ring (bicyclic) bond motifs is 5. The second-order valence-electron chi connectivity index (χ2n) is 11.6. The van der Waals surface area contributed by atoms with Crippen molar-refractivity contribution in [3.63, 3.8) is 0 Å². The van der Waals surface area contributed by atoms with Crippen LogP contribution in [0.4, 0.5) is 10.7 Å². The van der Waals surface area contributed by atoms with Crippen molar-refractivity contribution in [2.45, 2.75) is 64.6 Å². The number of carbonyl (C=O) groups is 2. The van der Waals surface area contributed by atoms with Crippen molar-refractivity contribution < 1.29 is 22.7 Å². The van der Waals surface area contributed by atoms with Crippen LogP contribution >= 0.6 is 0 Å². The predicted molar refractivity (Wildman–Crippen MR) is 164 cm³/mol. The van der Waals surface area contributed by atoms with E-state index in [0.29, 0.717) is 12.2 Å². The Kier molecular flexibility index (Phi) is 8.33. The molecule has 2 aliphatic heterocycles. The fraction of sp³-hybridized carbons (Fsp3) is 0.419. The highest BCUT2D eigenvalue weighted by Gasteiger charge is 2.37. The summed E-state index contributed by atoms with van der Waals surface area (Å²) in [6.45, 7) is 12.7. The Balaban J connectivity index is 1.58. The molecule has 0 spiro atoms. The maximum atomic E-state index is 13.8. The lowest BCUT2D eigenvalue weighted by Crippen LogP contribution is -2.61. The zero-order valence-corrected chi connectivity index (χ0v) is 26.2. The van der Waals surface area contributed by atoms with Crippen LogP contribution in [-0.4, -0.2) is 89.4 Å². The zero-order chi connectivity index (χ0) is 31.1. The van der Waals surface area contributed by atoms with Crippen molar-refractivity contribution in [2.75, 3.05) is 31.0 Å². The van der Waals surface area contributed by atoms with Gasteiger partial charge in [0, 0.05) is 48.9 Å². The third kappa shape index (κ3) is 6.15. The number of rotatable bonds is 3. The molecule has 1 aromatic heterocycles. The molecule has 4 bridgehead atoms. The smallest absolute Gasteiger partial charge is 0.320 e. The van der Waals surface area contributed by atoms with E-state index in [1.807, 2.05) is 64.6 Å². The Morgan fingerprint density at radius 3 is 2.35 bits per heavy atom. The molecule has 43 heavy (non-hydrogen) atoms.